The van der Waals surface area contributed by atoms with Crippen molar-refractivity contribution < 1.29 is 14.3 Å². The van der Waals surface area contributed by atoms with E-state index in [1.807, 2.05) is 78.9 Å². The van der Waals surface area contributed by atoms with Gasteiger partial charge in [-0.3, -0.25) is 4.79 Å². The van der Waals surface area contributed by atoms with Gasteiger partial charge in [-0.05, 0) is 41.0 Å². The second kappa shape index (κ2) is 7.61. The number of rotatable bonds is 5. The average molecular weight is 371 g/mol. The number of nitrogens with zero attached hydrogens (tertiary/aromatic N) is 1. The maximum atomic E-state index is 13.5. The largest absolute Gasteiger partial charge is 0.497 e. The van der Waals surface area contributed by atoms with E-state index in [0.29, 0.717) is 17.9 Å². The second-order valence-corrected chi connectivity index (χ2v) is 6.51. The lowest BCUT2D eigenvalue weighted by molar-refractivity contribution is -0.112. The van der Waals surface area contributed by atoms with Crippen molar-refractivity contribution in [3.63, 3.8) is 0 Å². The van der Waals surface area contributed by atoms with Crippen molar-refractivity contribution in [1.82, 2.24) is 0 Å². The van der Waals surface area contributed by atoms with Gasteiger partial charge in [0.05, 0.1) is 32.0 Å². The molecule has 0 atom stereocenters. The molecule has 0 fully saturated rings. The molecule has 0 radical (unpaired) electrons. The number of benzene rings is 3. The van der Waals surface area contributed by atoms with Crippen LogP contribution in [0.5, 0.6) is 11.5 Å². The fraction of sp³-hybridized carbons (Fsp3) is 0.125. The molecular formula is C24H21NO3. The van der Waals surface area contributed by atoms with Gasteiger partial charge < -0.3 is 14.4 Å². The first-order valence-corrected chi connectivity index (χ1v) is 9.11. The van der Waals surface area contributed by atoms with Crippen LogP contribution in [-0.2, 0) is 4.79 Å². The summed E-state index contributed by atoms with van der Waals surface area (Å²) in [5.41, 5.74) is 4.40. The molecule has 3 aromatic rings. The smallest absolute Gasteiger partial charge is 0.259 e. The SMILES string of the molecule is COc1ccc(C2=C(c3ccccc3)CN(c3ccccc3OC)C2=O)cc1. The van der Waals surface area contributed by atoms with Crippen LogP contribution < -0.4 is 14.4 Å². The highest BCUT2D eigenvalue weighted by atomic mass is 16.5. The Balaban J connectivity index is 1.83. The molecule has 3 aromatic carbocycles. The average Bonchev–Trinajstić information content (AvgIpc) is 3.11. The van der Waals surface area contributed by atoms with Gasteiger partial charge in [0.25, 0.3) is 5.91 Å². The van der Waals surface area contributed by atoms with Crippen molar-refractivity contribution >= 4 is 22.7 Å². The lowest BCUT2D eigenvalue weighted by Gasteiger charge is -2.20. The Morgan fingerprint density at radius 1 is 0.750 bits per heavy atom. The van der Waals surface area contributed by atoms with Crippen LogP contribution in [-0.4, -0.2) is 26.7 Å². The van der Waals surface area contributed by atoms with Gasteiger partial charge in [0.15, 0.2) is 0 Å². The van der Waals surface area contributed by atoms with Crippen molar-refractivity contribution in [3.05, 3.63) is 90.0 Å². The second-order valence-electron chi connectivity index (χ2n) is 6.51. The Hall–Kier alpha value is -3.53. The zero-order valence-electron chi connectivity index (χ0n) is 15.9. The lowest BCUT2D eigenvalue weighted by atomic mass is 9.97. The fourth-order valence-electron chi connectivity index (χ4n) is 3.55. The summed E-state index contributed by atoms with van der Waals surface area (Å²) in [6, 6.07) is 25.3. The van der Waals surface area contributed by atoms with Crippen molar-refractivity contribution in [3.8, 4) is 11.5 Å². The van der Waals surface area contributed by atoms with Crippen LogP contribution in [0.25, 0.3) is 11.1 Å². The van der Waals surface area contributed by atoms with Crippen LogP contribution in [0.2, 0.25) is 0 Å². The quantitative estimate of drug-likeness (QED) is 0.655. The van der Waals surface area contributed by atoms with E-state index >= 15 is 0 Å². The zero-order valence-corrected chi connectivity index (χ0v) is 15.9. The number of ether oxygens (including phenoxy) is 2. The molecule has 28 heavy (non-hydrogen) atoms. The molecule has 1 amide bonds. The predicted molar refractivity (Wildman–Crippen MR) is 112 cm³/mol. The minimum absolute atomic E-state index is 0.0338. The minimum Gasteiger partial charge on any atom is -0.497 e. The van der Waals surface area contributed by atoms with Gasteiger partial charge in [0, 0.05) is 0 Å². The highest BCUT2D eigenvalue weighted by Crippen LogP contribution is 2.40. The molecule has 0 saturated heterocycles. The summed E-state index contributed by atoms with van der Waals surface area (Å²) < 4.78 is 10.8. The normalized spacial score (nSPS) is 13.8. The van der Waals surface area contributed by atoms with E-state index in [2.05, 4.69) is 0 Å². The van der Waals surface area contributed by atoms with Gasteiger partial charge in [-0.1, -0.05) is 54.6 Å². The Morgan fingerprint density at radius 2 is 1.43 bits per heavy atom. The molecule has 0 unspecified atom stereocenters. The van der Waals surface area contributed by atoms with Crippen molar-refractivity contribution in [2.24, 2.45) is 0 Å². The van der Waals surface area contributed by atoms with E-state index in [9.17, 15) is 4.79 Å². The summed E-state index contributed by atoms with van der Waals surface area (Å²) in [6.45, 7) is 0.491. The van der Waals surface area contributed by atoms with E-state index in [0.717, 1.165) is 28.1 Å². The van der Waals surface area contributed by atoms with Crippen LogP contribution in [0.4, 0.5) is 5.69 Å². The van der Waals surface area contributed by atoms with Crippen LogP contribution in [0, 0.1) is 0 Å². The van der Waals surface area contributed by atoms with Crippen molar-refractivity contribution in [2.75, 3.05) is 25.7 Å². The number of hydrogen-bond donors (Lipinski definition) is 0. The molecular weight excluding hydrogens is 350 g/mol. The first-order chi connectivity index (χ1) is 13.7. The Labute approximate surface area is 164 Å². The molecule has 1 heterocycles. The molecule has 0 spiro atoms. The molecule has 0 bridgehead atoms. The monoisotopic (exact) mass is 371 g/mol. The summed E-state index contributed by atoms with van der Waals surface area (Å²) in [6.07, 6.45) is 0. The van der Waals surface area contributed by atoms with Crippen LogP contribution in [0.15, 0.2) is 78.9 Å². The van der Waals surface area contributed by atoms with Crippen LogP contribution in [0.1, 0.15) is 11.1 Å². The van der Waals surface area contributed by atoms with E-state index < -0.39 is 0 Å². The summed E-state index contributed by atoms with van der Waals surface area (Å²) in [4.78, 5) is 15.3. The molecule has 4 rings (SSSR count). The molecule has 140 valence electrons. The Morgan fingerprint density at radius 3 is 2.11 bits per heavy atom. The number of amides is 1. The number of hydrogen-bond acceptors (Lipinski definition) is 3. The van der Waals surface area contributed by atoms with Gasteiger partial charge in [-0.2, -0.15) is 0 Å². The van der Waals surface area contributed by atoms with Crippen LogP contribution in [0.3, 0.4) is 0 Å². The first kappa shape index (κ1) is 17.9. The topological polar surface area (TPSA) is 38.8 Å². The number of anilines is 1. The maximum Gasteiger partial charge on any atom is 0.259 e. The third kappa shape index (κ3) is 3.14. The van der Waals surface area contributed by atoms with Gasteiger partial charge in [0.2, 0.25) is 0 Å². The summed E-state index contributed by atoms with van der Waals surface area (Å²) in [5.74, 6) is 1.41. The molecule has 0 saturated carbocycles. The third-order valence-corrected chi connectivity index (χ3v) is 4.95. The molecule has 1 aliphatic heterocycles. The molecule has 1 aliphatic rings. The predicted octanol–water partition coefficient (Wildman–Crippen LogP) is 4.66. The van der Waals surface area contributed by atoms with Crippen LogP contribution >= 0.6 is 0 Å². The van der Waals surface area contributed by atoms with Gasteiger partial charge >= 0.3 is 0 Å². The Bertz CT molecular complexity index is 1020. The lowest BCUT2D eigenvalue weighted by Crippen LogP contribution is -2.26. The maximum absolute atomic E-state index is 13.5. The molecule has 0 N–H and O–H groups in total. The highest BCUT2D eigenvalue weighted by molar-refractivity contribution is 6.36. The minimum atomic E-state index is -0.0338. The highest BCUT2D eigenvalue weighted by Gasteiger charge is 2.34. The molecule has 0 aromatic heterocycles. The third-order valence-electron chi connectivity index (χ3n) is 4.95. The first-order valence-electron chi connectivity index (χ1n) is 9.11. The summed E-state index contributed by atoms with van der Waals surface area (Å²) in [7, 11) is 3.25. The van der Waals surface area contributed by atoms with Crippen molar-refractivity contribution in [2.45, 2.75) is 0 Å². The van der Waals surface area contributed by atoms with Crippen molar-refractivity contribution in [1.29, 1.82) is 0 Å². The van der Waals surface area contributed by atoms with Gasteiger partial charge in [-0.25, -0.2) is 0 Å². The number of carbonyl (C=O) groups excluding carboxylic acids is 1. The zero-order chi connectivity index (χ0) is 19.5. The summed E-state index contributed by atoms with van der Waals surface area (Å²) in [5, 5.41) is 0. The standard InChI is InChI=1S/C24H21NO3/c1-27-19-14-12-18(13-15-19)23-20(17-8-4-3-5-9-17)16-25(24(23)26)21-10-6-7-11-22(21)28-2/h3-15H,16H2,1-2H3. The number of para-hydroxylation sites is 2. The molecule has 4 nitrogen and oxygen atoms in total. The van der Waals surface area contributed by atoms with Gasteiger partial charge in [-0.15, -0.1) is 0 Å². The van der Waals surface area contributed by atoms with E-state index in [-0.39, 0.29) is 5.91 Å². The number of carbonyl (C=O) groups is 1. The Kier molecular flexibility index (Phi) is 4.85. The number of methoxy groups -OCH3 is 2. The van der Waals surface area contributed by atoms with E-state index in [1.54, 1.807) is 19.1 Å². The van der Waals surface area contributed by atoms with E-state index in [4.69, 9.17) is 9.47 Å². The molecule has 0 aliphatic carbocycles. The van der Waals surface area contributed by atoms with E-state index in [1.165, 1.54) is 0 Å². The fourth-order valence-corrected chi connectivity index (χ4v) is 3.55. The van der Waals surface area contributed by atoms with Gasteiger partial charge in [0.1, 0.15) is 11.5 Å². The summed E-state index contributed by atoms with van der Waals surface area (Å²) >= 11 is 0. The molecule has 4 heteroatoms.